The van der Waals surface area contributed by atoms with E-state index in [1.807, 2.05) is 16.5 Å². The number of fused-ring (bicyclic) bond motifs is 1. The zero-order valence-electron chi connectivity index (χ0n) is 14.3. The van der Waals surface area contributed by atoms with Gasteiger partial charge in [-0.1, -0.05) is 43.2 Å². The first-order chi connectivity index (χ1) is 12.2. The molecule has 2 aliphatic heterocycles. The molecule has 0 atom stereocenters. The van der Waals surface area contributed by atoms with E-state index in [0.717, 1.165) is 29.3 Å². The van der Waals surface area contributed by atoms with Crippen molar-refractivity contribution in [3.05, 3.63) is 45.4 Å². The number of rotatable bonds is 2. The Kier molecular flexibility index (Phi) is 5.89. The Morgan fingerprint density at radius 3 is 2.65 bits per heavy atom. The Balaban J connectivity index is 0.00000196. The summed E-state index contributed by atoms with van der Waals surface area (Å²) >= 11 is 1.52. The molecule has 140 valence electrons. The van der Waals surface area contributed by atoms with E-state index in [1.165, 1.54) is 49.9 Å². The minimum absolute atomic E-state index is 0. The second-order valence-corrected chi connectivity index (χ2v) is 7.57. The van der Waals surface area contributed by atoms with Crippen molar-refractivity contribution < 1.29 is 4.92 Å². The van der Waals surface area contributed by atoms with Gasteiger partial charge in [0.25, 0.3) is 5.69 Å². The van der Waals surface area contributed by atoms with Gasteiger partial charge in [0.1, 0.15) is 5.66 Å². The van der Waals surface area contributed by atoms with Gasteiger partial charge in [-0.2, -0.15) is 5.10 Å². The summed E-state index contributed by atoms with van der Waals surface area (Å²) in [4.78, 5) is 10.7. The monoisotopic (exact) mass is 439 g/mol. The van der Waals surface area contributed by atoms with E-state index >= 15 is 0 Å². The third kappa shape index (κ3) is 3.74. The standard InChI is InChI=1S/C17H21N5O2S.BrH/c23-22(24)14-8-6-7-13(11-14)15-12-25-16-18-19-17(20-21(15)16)9-4-2-1-3-5-10-17;/h6-8,11-12,19-20H,1-5,9-10H2;1H. The van der Waals surface area contributed by atoms with Crippen LogP contribution in [0.3, 0.4) is 0 Å². The van der Waals surface area contributed by atoms with Crippen LogP contribution >= 0.6 is 28.7 Å². The smallest absolute Gasteiger partial charge is 0.270 e. The van der Waals surface area contributed by atoms with Crippen molar-refractivity contribution in [2.24, 2.45) is 5.10 Å². The minimum atomic E-state index is -0.358. The second-order valence-electron chi connectivity index (χ2n) is 6.73. The molecular formula is C17H22BrN5O2S. The Labute approximate surface area is 167 Å². The summed E-state index contributed by atoms with van der Waals surface area (Å²) in [5, 5.41) is 20.5. The molecule has 1 aliphatic carbocycles. The zero-order chi connectivity index (χ0) is 17.3. The number of halogens is 1. The summed E-state index contributed by atoms with van der Waals surface area (Å²) in [6.07, 6.45) is 8.20. The summed E-state index contributed by atoms with van der Waals surface area (Å²) < 4.78 is 0. The highest BCUT2D eigenvalue weighted by Crippen LogP contribution is 2.37. The number of benzene rings is 1. The summed E-state index contributed by atoms with van der Waals surface area (Å²) in [6, 6.07) is 6.76. The highest BCUT2D eigenvalue weighted by molar-refractivity contribution is 8.93. The van der Waals surface area contributed by atoms with Gasteiger partial charge in [-0.05, 0) is 25.7 Å². The van der Waals surface area contributed by atoms with Crippen molar-refractivity contribution in [3.63, 3.8) is 0 Å². The fourth-order valence-corrected chi connectivity index (χ4v) is 4.41. The highest BCUT2D eigenvalue weighted by Gasteiger charge is 2.39. The van der Waals surface area contributed by atoms with Crippen molar-refractivity contribution in [1.29, 1.82) is 0 Å². The van der Waals surface area contributed by atoms with Crippen LogP contribution in [-0.2, 0) is 0 Å². The van der Waals surface area contributed by atoms with E-state index in [1.54, 1.807) is 12.1 Å². The van der Waals surface area contributed by atoms with Crippen molar-refractivity contribution in [2.45, 2.75) is 50.6 Å². The van der Waals surface area contributed by atoms with Crippen LogP contribution in [0.2, 0.25) is 0 Å². The predicted octanol–water partition coefficient (Wildman–Crippen LogP) is 4.34. The van der Waals surface area contributed by atoms with E-state index in [9.17, 15) is 10.1 Å². The largest absolute Gasteiger partial charge is 0.286 e. The molecule has 3 aliphatic rings. The summed E-state index contributed by atoms with van der Waals surface area (Å²) in [5.41, 5.74) is 8.58. The molecule has 26 heavy (non-hydrogen) atoms. The van der Waals surface area contributed by atoms with Crippen LogP contribution in [0.4, 0.5) is 5.69 Å². The van der Waals surface area contributed by atoms with Gasteiger partial charge in [0.2, 0.25) is 5.17 Å². The molecule has 4 rings (SSSR count). The molecule has 1 saturated carbocycles. The van der Waals surface area contributed by atoms with Crippen molar-refractivity contribution in [1.82, 2.24) is 15.9 Å². The lowest BCUT2D eigenvalue weighted by molar-refractivity contribution is -0.384. The molecule has 1 spiro atoms. The van der Waals surface area contributed by atoms with Crippen molar-refractivity contribution in [2.75, 3.05) is 0 Å². The van der Waals surface area contributed by atoms with Gasteiger partial charge in [-0.25, -0.2) is 10.4 Å². The van der Waals surface area contributed by atoms with Crippen LogP contribution in [0.25, 0.3) is 5.70 Å². The number of thioether (sulfide) groups is 1. The molecule has 2 heterocycles. The van der Waals surface area contributed by atoms with Gasteiger partial charge in [-0.15, -0.1) is 17.0 Å². The molecule has 1 aromatic carbocycles. The van der Waals surface area contributed by atoms with Crippen LogP contribution < -0.4 is 10.9 Å². The molecule has 0 amide bonds. The number of nitrogens with zero attached hydrogens (tertiary/aromatic N) is 3. The molecule has 1 fully saturated rings. The first-order valence-electron chi connectivity index (χ1n) is 8.71. The predicted molar refractivity (Wildman–Crippen MR) is 110 cm³/mol. The van der Waals surface area contributed by atoms with E-state index < -0.39 is 0 Å². The maximum absolute atomic E-state index is 11.1. The SMILES string of the molecule is Br.O=[N+]([O-])c1cccc(C2=CSC3=NNC4(CCCCCCC4)NN23)c1. The van der Waals surface area contributed by atoms with Gasteiger partial charge in [-0.3, -0.25) is 15.5 Å². The first-order valence-corrected chi connectivity index (χ1v) is 9.59. The number of nitro benzene ring substituents is 1. The van der Waals surface area contributed by atoms with Crippen LogP contribution in [0.15, 0.2) is 34.8 Å². The molecule has 0 radical (unpaired) electrons. The maximum atomic E-state index is 11.1. The van der Waals surface area contributed by atoms with Gasteiger partial charge in [0.15, 0.2) is 0 Å². The van der Waals surface area contributed by atoms with Crippen LogP contribution in [0.1, 0.15) is 50.5 Å². The fourth-order valence-electron chi connectivity index (χ4n) is 3.60. The highest BCUT2D eigenvalue weighted by atomic mass is 79.9. The van der Waals surface area contributed by atoms with Crippen molar-refractivity contribution in [3.8, 4) is 0 Å². The van der Waals surface area contributed by atoms with Crippen LogP contribution in [-0.4, -0.2) is 20.8 Å². The number of hydrogen-bond acceptors (Lipinski definition) is 7. The Morgan fingerprint density at radius 2 is 1.92 bits per heavy atom. The number of hydrazine groups is 1. The third-order valence-electron chi connectivity index (χ3n) is 4.96. The quantitative estimate of drug-likeness (QED) is 0.526. The second kappa shape index (κ2) is 7.98. The lowest BCUT2D eigenvalue weighted by Gasteiger charge is -2.43. The summed E-state index contributed by atoms with van der Waals surface area (Å²) in [7, 11) is 0. The average molecular weight is 440 g/mol. The van der Waals surface area contributed by atoms with E-state index in [4.69, 9.17) is 0 Å². The van der Waals surface area contributed by atoms with Crippen molar-refractivity contribution >= 4 is 45.3 Å². The first kappa shape index (κ1) is 19.2. The van der Waals surface area contributed by atoms with E-state index in [-0.39, 0.29) is 33.3 Å². The van der Waals surface area contributed by atoms with Gasteiger partial charge >= 0.3 is 0 Å². The number of amidine groups is 1. The van der Waals surface area contributed by atoms with Gasteiger partial charge in [0, 0.05) is 23.1 Å². The number of hydrogen-bond donors (Lipinski definition) is 2. The molecule has 2 N–H and O–H groups in total. The topological polar surface area (TPSA) is 82.8 Å². The number of hydrazone groups is 1. The van der Waals surface area contributed by atoms with Gasteiger partial charge < -0.3 is 0 Å². The van der Waals surface area contributed by atoms with Crippen LogP contribution in [0.5, 0.6) is 0 Å². The number of nitrogens with one attached hydrogen (secondary N) is 2. The molecule has 7 nitrogen and oxygen atoms in total. The summed E-state index contributed by atoms with van der Waals surface area (Å²) in [6.45, 7) is 0. The summed E-state index contributed by atoms with van der Waals surface area (Å²) in [5.74, 6) is 0. The lowest BCUT2D eigenvalue weighted by atomic mass is 9.91. The Hall–Kier alpha value is -1.58. The van der Waals surface area contributed by atoms with Crippen LogP contribution in [0, 0.1) is 10.1 Å². The third-order valence-corrected chi connectivity index (χ3v) is 5.79. The Morgan fingerprint density at radius 1 is 1.19 bits per heavy atom. The minimum Gasteiger partial charge on any atom is -0.286 e. The number of non-ortho nitro benzene ring substituents is 1. The Bertz CT molecular complexity index is 746. The maximum Gasteiger partial charge on any atom is 0.270 e. The average Bonchev–Trinajstić information content (AvgIpc) is 3.01. The molecular weight excluding hydrogens is 418 g/mol. The number of nitro groups is 1. The van der Waals surface area contributed by atoms with E-state index in [2.05, 4.69) is 16.0 Å². The molecule has 0 saturated heterocycles. The molecule has 9 heteroatoms. The molecule has 1 aromatic rings. The molecule has 0 aromatic heterocycles. The molecule has 0 unspecified atom stereocenters. The fraction of sp³-hybridized carbons (Fsp3) is 0.471. The normalized spacial score (nSPS) is 21.5. The van der Waals surface area contributed by atoms with Gasteiger partial charge in [0.05, 0.1) is 10.6 Å². The van der Waals surface area contributed by atoms with E-state index in [0.29, 0.717) is 0 Å². The lowest BCUT2D eigenvalue weighted by Crippen LogP contribution is -2.64. The molecule has 0 bridgehead atoms. The zero-order valence-corrected chi connectivity index (χ0v) is 16.8.